The summed E-state index contributed by atoms with van der Waals surface area (Å²) in [6.45, 7) is 29.7. The van der Waals surface area contributed by atoms with Crippen LogP contribution >= 0.6 is 49.4 Å². The first-order valence-corrected chi connectivity index (χ1v) is 17.8. The van der Waals surface area contributed by atoms with Gasteiger partial charge in [-0.25, -0.2) is 0 Å². The van der Waals surface area contributed by atoms with Crippen LogP contribution < -0.4 is 0 Å². The van der Waals surface area contributed by atoms with Gasteiger partial charge in [0.25, 0.3) is 0 Å². The van der Waals surface area contributed by atoms with Crippen molar-refractivity contribution in [3.05, 3.63) is 33.4 Å². The molecular formula is C24H38Cl2P3Ta. The van der Waals surface area contributed by atoms with Crippen molar-refractivity contribution in [2.45, 2.75) is 93.2 Å². The molecule has 0 aromatic heterocycles. The van der Waals surface area contributed by atoms with Crippen LogP contribution in [0.3, 0.4) is 0 Å². The second-order valence-corrected chi connectivity index (χ2v) is 30.6. The first-order valence-electron chi connectivity index (χ1n) is 10.3. The minimum atomic E-state index is -2.33. The molecule has 0 aromatic carbocycles. The molecule has 0 amide bonds. The van der Waals surface area contributed by atoms with Gasteiger partial charge in [0.15, 0.2) is 0 Å². The maximum Gasteiger partial charge on any atom is -0.147 e. The molecule has 3 rings (SSSR count). The number of hydrogen-bond donors (Lipinski definition) is 0. The van der Waals surface area contributed by atoms with Crippen LogP contribution in [0.5, 0.6) is 0 Å². The molecule has 0 N–H and O–H groups in total. The summed E-state index contributed by atoms with van der Waals surface area (Å²) in [6.07, 6.45) is 0. The van der Waals surface area contributed by atoms with Gasteiger partial charge < -0.3 is 0 Å². The Kier molecular flexibility index (Phi) is 9.07. The molecule has 0 saturated heterocycles. The number of hydrogen-bond acceptors (Lipinski definition) is 0. The van der Waals surface area contributed by atoms with E-state index in [1.165, 1.54) is 0 Å². The average Bonchev–Trinajstić information content (AvgIpc) is 3.01. The normalized spacial score (nSPS) is 35.3. The topological polar surface area (TPSA) is 0 Å². The molecule has 3 aliphatic heterocycles. The maximum absolute atomic E-state index is 2.66. The molecule has 0 fully saturated rings. The first kappa shape index (κ1) is 29.1. The van der Waals surface area contributed by atoms with Crippen molar-refractivity contribution in [3.63, 3.8) is 0 Å². The predicted molar refractivity (Wildman–Crippen MR) is 148 cm³/mol. The number of halogens is 2. The van der Waals surface area contributed by atoms with E-state index in [-0.39, 0.29) is 24.8 Å². The van der Waals surface area contributed by atoms with E-state index in [1.807, 2.05) is 0 Å². The third-order valence-corrected chi connectivity index (χ3v) is 33.4. The summed E-state index contributed by atoms with van der Waals surface area (Å²) in [5, 5.41) is 4.86. The zero-order chi connectivity index (χ0) is 21.4. The molecule has 3 atom stereocenters. The molecule has 0 nitrogen and oxygen atoms in total. The second kappa shape index (κ2) is 9.36. The molecule has 0 spiro atoms. The Morgan fingerprint density at radius 3 is 0.800 bits per heavy atom. The number of allylic oxidation sites excluding steroid dienone is 6. The van der Waals surface area contributed by atoms with Gasteiger partial charge in [-0.1, -0.05) is 0 Å². The largest absolute Gasteiger partial charge is 0.147 e. The van der Waals surface area contributed by atoms with Crippen molar-refractivity contribution in [2.75, 3.05) is 0 Å². The van der Waals surface area contributed by atoms with Crippen LogP contribution in [-0.4, -0.2) is 26.0 Å². The van der Waals surface area contributed by atoms with Gasteiger partial charge in [-0.15, -0.1) is 24.8 Å². The van der Waals surface area contributed by atoms with Crippen LogP contribution in [0.4, 0.5) is 0 Å². The molecule has 3 aliphatic rings. The SMILES string of the molecule is CC1=P[C](C)([Ta]([C]2(C)P=C(C)C(C)=C2C)[C]2(C)P=C(C)C(C)=C2C)C(C)=C1C.Cl.Cl. The molecule has 0 aliphatic carbocycles. The number of rotatable bonds is 3. The maximum atomic E-state index is 2.66. The van der Waals surface area contributed by atoms with Crippen LogP contribution in [0.2, 0.25) is 0 Å². The standard InChI is InChI=1S/3C8H12P.2ClH.Ta/c3*1-5-6(2)8(4)9-7(5)3;;;/h3*1-4H3;2*1H;. The molecule has 0 aromatic rings. The summed E-state index contributed by atoms with van der Waals surface area (Å²) in [6, 6.07) is 0. The van der Waals surface area contributed by atoms with E-state index in [1.54, 1.807) is 73.9 Å². The van der Waals surface area contributed by atoms with Gasteiger partial charge >= 0.3 is 186 Å². The molecule has 3 unspecified atom stereocenters. The summed E-state index contributed by atoms with van der Waals surface area (Å²) in [5.74, 6) is 0. The Morgan fingerprint density at radius 1 is 0.467 bits per heavy atom. The van der Waals surface area contributed by atoms with E-state index < -0.39 is 18.4 Å². The van der Waals surface area contributed by atoms with Crippen molar-refractivity contribution >= 4 is 65.3 Å². The molecule has 0 bridgehead atoms. The quantitative estimate of drug-likeness (QED) is 0.263. The smallest absolute Gasteiger partial charge is 0.147 e. The van der Waals surface area contributed by atoms with Crippen LogP contribution in [-0.2, 0) is 18.4 Å². The summed E-state index contributed by atoms with van der Waals surface area (Å²) in [7, 11) is 4.83. The van der Waals surface area contributed by atoms with E-state index in [4.69, 9.17) is 0 Å². The molecule has 168 valence electrons. The molecule has 30 heavy (non-hydrogen) atoms. The van der Waals surface area contributed by atoms with E-state index in [0.717, 1.165) is 0 Å². The van der Waals surface area contributed by atoms with Crippen LogP contribution in [0.1, 0.15) is 83.1 Å². The van der Waals surface area contributed by atoms with Crippen molar-refractivity contribution in [3.8, 4) is 0 Å². The van der Waals surface area contributed by atoms with E-state index in [2.05, 4.69) is 83.1 Å². The van der Waals surface area contributed by atoms with Crippen LogP contribution in [0, 0.1) is 0 Å². The minimum absolute atomic E-state index is 0. The van der Waals surface area contributed by atoms with Crippen molar-refractivity contribution in [1.29, 1.82) is 0 Å². The van der Waals surface area contributed by atoms with Gasteiger partial charge in [0.1, 0.15) is 0 Å². The Hall–Kier alpha value is 1.05. The summed E-state index contributed by atoms with van der Waals surface area (Å²) >= 11 is -2.33. The average molecular weight is 671 g/mol. The van der Waals surface area contributed by atoms with Crippen molar-refractivity contribution in [2.24, 2.45) is 0 Å². The fourth-order valence-electron chi connectivity index (χ4n) is 5.29. The summed E-state index contributed by atoms with van der Waals surface area (Å²) < 4.78 is 1.14. The molecule has 6 heteroatoms. The fourth-order valence-corrected chi connectivity index (χ4v) is 44.0. The van der Waals surface area contributed by atoms with Gasteiger partial charge in [-0.3, -0.25) is 0 Å². The second-order valence-electron chi connectivity index (χ2n) is 9.24. The predicted octanol–water partition coefficient (Wildman–Crippen LogP) is 9.06. The Bertz CT molecular complexity index is 845. The zero-order valence-electron chi connectivity index (χ0n) is 20.6. The van der Waals surface area contributed by atoms with Gasteiger partial charge in [-0.05, 0) is 0 Å². The summed E-state index contributed by atoms with van der Waals surface area (Å²) in [5.41, 5.74) is 9.92. The Morgan fingerprint density at radius 2 is 0.667 bits per heavy atom. The van der Waals surface area contributed by atoms with E-state index in [0.29, 0.717) is 10.1 Å². The molecule has 3 heterocycles. The first-order chi connectivity index (χ1) is 12.7. The van der Waals surface area contributed by atoms with Gasteiger partial charge in [-0.2, -0.15) is 0 Å². The molecular weight excluding hydrogens is 633 g/mol. The van der Waals surface area contributed by atoms with Gasteiger partial charge in [0.2, 0.25) is 0 Å². The Balaban J connectivity index is 0.00000225. The molecule has 0 saturated carbocycles. The monoisotopic (exact) mass is 670 g/mol. The van der Waals surface area contributed by atoms with E-state index >= 15 is 0 Å². The Labute approximate surface area is 209 Å². The van der Waals surface area contributed by atoms with Crippen LogP contribution in [0.25, 0.3) is 0 Å². The minimum Gasteiger partial charge on any atom is -0.147 e. The third-order valence-electron chi connectivity index (χ3n) is 7.91. The van der Waals surface area contributed by atoms with Gasteiger partial charge in [0.05, 0.1) is 0 Å². The summed E-state index contributed by atoms with van der Waals surface area (Å²) in [4.78, 5) is 0. The van der Waals surface area contributed by atoms with Crippen molar-refractivity contribution in [1.82, 2.24) is 0 Å². The fraction of sp³-hybridized carbons (Fsp3) is 0.625. The molecule has 0 radical (unpaired) electrons. The zero-order valence-corrected chi connectivity index (χ0v) is 28.1. The van der Waals surface area contributed by atoms with Crippen LogP contribution in [0.15, 0.2) is 33.4 Å². The van der Waals surface area contributed by atoms with Gasteiger partial charge in [0, 0.05) is 0 Å². The van der Waals surface area contributed by atoms with Crippen molar-refractivity contribution < 1.29 is 18.4 Å². The third kappa shape index (κ3) is 3.95. The van der Waals surface area contributed by atoms with E-state index in [9.17, 15) is 0 Å².